The summed E-state index contributed by atoms with van der Waals surface area (Å²) in [7, 11) is -3.98. The number of hydrogen-bond acceptors (Lipinski definition) is 5. The van der Waals surface area contributed by atoms with Gasteiger partial charge in [0.1, 0.15) is 0 Å². The topological polar surface area (TPSA) is 133 Å². The minimum atomic E-state index is -3.98. The number of carboxylic acid groups (broad SMARTS) is 1. The van der Waals surface area contributed by atoms with E-state index < -0.39 is 21.2 Å². The number of nitrogen functional groups attached to an aromatic ring is 1. The van der Waals surface area contributed by atoms with Crippen molar-refractivity contribution in [2.75, 3.05) is 10.5 Å². The van der Waals surface area contributed by atoms with Gasteiger partial charge in [-0.25, -0.2) is 13.2 Å². The number of nitrogens with two attached hydrogens (primary N) is 1. The maximum absolute atomic E-state index is 11.9. The molecule has 0 aliphatic rings. The van der Waals surface area contributed by atoms with Crippen LogP contribution in [-0.4, -0.2) is 24.7 Å². The Kier molecular flexibility index (Phi) is 4.34. The van der Waals surface area contributed by atoms with E-state index in [-0.39, 0.29) is 23.4 Å². The molecule has 8 heteroatoms. The molecule has 0 heterocycles. The summed E-state index contributed by atoms with van der Waals surface area (Å²) < 4.78 is 25.9. The smallest absolute Gasteiger partial charge is 0.337 e. The molecule has 102 valence electrons. The molecule has 4 N–H and O–H groups in total. The molecule has 0 aliphatic carbocycles. The molecule has 0 bridgehead atoms. The van der Waals surface area contributed by atoms with Crippen molar-refractivity contribution in [1.82, 2.24) is 0 Å². The van der Waals surface area contributed by atoms with E-state index in [9.17, 15) is 13.2 Å². The zero-order chi connectivity index (χ0) is 14.6. The van der Waals surface area contributed by atoms with Gasteiger partial charge in [0.05, 0.1) is 17.3 Å². The zero-order valence-corrected chi connectivity index (χ0v) is 10.9. The lowest BCUT2D eigenvalue weighted by molar-refractivity contribution is 0.0698. The van der Waals surface area contributed by atoms with Crippen LogP contribution in [0.1, 0.15) is 23.7 Å². The minimum Gasteiger partial charge on any atom is -0.478 e. The molecule has 0 aromatic heterocycles. The summed E-state index contributed by atoms with van der Waals surface area (Å²) in [4.78, 5) is 11.0. The van der Waals surface area contributed by atoms with Crippen molar-refractivity contribution < 1.29 is 18.3 Å². The van der Waals surface area contributed by atoms with Gasteiger partial charge in [-0.15, -0.1) is 0 Å². The molecule has 7 nitrogen and oxygen atoms in total. The van der Waals surface area contributed by atoms with E-state index in [2.05, 4.69) is 4.72 Å². The van der Waals surface area contributed by atoms with E-state index in [1.165, 1.54) is 18.2 Å². The van der Waals surface area contributed by atoms with Gasteiger partial charge in [0.15, 0.2) is 5.25 Å². The van der Waals surface area contributed by atoms with Gasteiger partial charge in [-0.3, -0.25) is 4.72 Å². The third kappa shape index (κ3) is 3.35. The van der Waals surface area contributed by atoms with Crippen LogP contribution in [0, 0.1) is 11.3 Å². The van der Waals surface area contributed by atoms with E-state index in [1.54, 1.807) is 13.0 Å². The van der Waals surface area contributed by atoms with Gasteiger partial charge >= 0.3 is 5.97 Å². The second-order valence-corrected chi connectivity index (χ2v) is 5.65. The van der Waals surface area contributed by atoms with Crippen molar-refractivity contribution in [3.8, 4) is 6.07 Å². The summed E-state index contributed by atoms with van der Waals surface area (Å²) in [6, 6.07) is 5.39. The summed E-state index contributed by atoms with van der Waals surface area (Å²) in [5.41, 5.74) is 5.33. The molecule has 19 heavy (non-hydrogen) atoms. The molecule has 0 saturated heterocycles. The number of nitrogens with one attached hydrogen (secondary N) is 1. The molecule has 1 rings (SSSR count). The minimum absolute atomic E-state index is 0.0938. The Morgan fingerprint density at radius 2 is 2.21 bits per heavy atom. The number of rotatable bonds is 5. The first-order valence-electron chi connectivity index (χ1n) is 5.36. The van der Waals surface area contributed by atoms with Gasteiger partial charge in [0, 0.05) is 5.69 Å². The number of nitriles is 1. The Bertz CT molecular complexity index is 634. The lowest BCUT2D eigenvalue weighted by Crippen LogP contribution is -2.26. The fourth-order valence-electron chi connectivity index (χ4n) is 1.44. The van der Waals surface area contributed by atoms with Gasteiger partial charge in [-0.05, 0) is 24.6 Å². The number of benzene rings is 1. The average molecular weight is 283 g/mol. The van der Waals surface area contributed by atoms with Gasteiger partial charge in [0.2, 0.25) is 10.0 Å². The highest BCUT2D eigenvalue weighted by Gasteiger charge is 2.25. The SMILES string of the molecule is CCC(C#N)S(=O)(=O)Nc1cc(N)ccc1C(=O)O. The molecule has 0 radical (unpaired) electrons. The van der Waals surface area contributed by atoms with Crippen LogP contribution in [0.25, 0.3) is 0 Å². The lowest BCUT2D eigenvalue weighted by Gasteiger charge is -2.13. The summed E-state index contributed by atoms with van der Waals surface area (Å²) >= 11 is 0. The van der Waals surface area contributed by atoms with Gasteiger partial charge < -0.3 is 10.8 Å². The van der Waals surface area contributed by atoms with Gasteiger partial charge in [-0.1, -0.05) is 6.92 Å². The summed E-state index contributed by atoms with van der Waals surface area (Å²) in [5.74, 6) is -1.29. The van der Waals surface area contributed by atoms with Crippen molar-refractivity contribution >= 4 is 27.4 Å². The van der Waals surface area contributed by atoms with Crippen molar-refractivity contribution in [2.45, 2.75) is 18.6 Å². The first kappa shape index (κ1) is 14.8. The van der Waals surface area contributed by atoms with Crippen LogP contribution in [0.4, 0.5) is 11.4 Å². The highest BCUT2D eigenvalue weighted by atomic mass is 32.2. The molecule has 1 unspecified atom stereocenters. The zero-order valence-electron chi connectivity index (χ0n) is 10.1. The highest BCUT2D eigenvalue weighted by molar-refractivity contribution is 7.93. The standard InChI is InChI=1S/C11H13N3O4S/c1-2-8(6-12)19(17,18)14-10-5-7(13)3-4-9(10)11(15)16/h3-5,8,14H,2,13H2,1H3,(H,15,16). The van der Waals surface area contributed by atoms with Crippen LogP contribution in [0.2, 0.25) is 0 Å². The molecule has 1 atom stereocenters. The van der Waals surface area contributed by atoms with E-state index in [0.29, 0.717) is 0 Å². The maximum atomic E-state index is 11.9. The molecule has 1 aromatic carbocycles. The van der Waals surface area contributed by atoms with E-state index in [0.717, 1.165) is 0 Å². The first-order valence-corrected chi connectivity index (χ1v) is 6.90. The summed E-state index contributed by atoms with van der Waals surface area (Å²) in [6.07, 6.45) is 0.0938. The first-order chi connectivity index (χ1) is 8.81. The third-order valence-corrected chi connectivity index (χ3v) is 4.11. The van der Waals surface area contributed by atoms with Gasteiger partial charge in [0.25, 0.3) is 0 Å². The molecule has 0 amide bonds. The monoisotopic (exact) mass is 283 g/mol. The Labute approximate surface area is 110 Å². The number of carboxylic acids is 1. The van der Waals surface area contributed by atoms with Crippen molar-refractivity contribution in [3.63, 3.8) is 0 Å². The quantitative estimate of drug-likeness (QED) is 0.690. The van der Waals surface area contributed by atoms with E-state index in [1.807, 2.05) is 0 Å². The second-order valence-electron chi connectivity index (χ2n) is 3.78. The largest absolute Gasteiger partial charge is 0.478 e. The van der Waals surface area contributed by atoms with E-state index in [4.69, 9.17) is 16.1 Å². The molecular weight excluding hydrogens is 270 g/mol. The predicted octanol–water partition coefficient (Wildman–Crippen LogP) is 1.01. The Morgan fingerprint density at radius 1 is 1.58 bits per heavy atom. The summed E-state index contributed by atoms with van der Waals surface area (Å²) in [6.45, 7) is 1.55. The van der Waals surface area contributed by atoms with Crippen molar-refractivity contribution in [3.05, 3.63) is 23.8 Å². The third-order valence-electron chi connectivity index (χ3n) is 2.42. The second kappa shape index (κ2) is 5.58. The number of nitrogens with zero attached hydrogens (tertiary/aromatic N) is 1. The number of carbonyl (C=O) groups is 1. The number of sulfonamides is 1. The molecule has 0 saturated carbocycles. The molecule has 0 spiro atoms. The number of hydrogen-bond donors (Lipinski definition) is 3. The Balaban J connectivity index is 3.23. The highest BCUT2D eigenvalue weighted by Crippen LogP contribution is 2.22. The maximum Gasteiger partial charge on any atom is 0.337 e. The predicted molar refractivity (Wildman–Crippen MR) is 70.0 cm³/mol. The van der Waals surface area contributed by atoms with Crippen molar-refractivity contribution in [1.29, 1.82) is 5.26 Å². The van der Waals surface area contributed by atoms with E-state index >= 15 is 0 Å². The Hall–Kier alpha value is -2.27. The molecule has 0 aliphatic heterocycles. The van der Waals surface area contributed by atoms with Crippen LogP contribution >= 0.6 is 0 Å². The molecule has 1 aromatic rings. The number of anilines is 2. The van der Waals surface area contributed by atoms with Crippen LogP contribution in [0.5, 0.6) is 0 Å². The van der Waals surface area contributed by atoms with Crippen LogP contribution in [0.15, 0.2) is 18.2 Å². The number of aromatic carboxylic acids is 1. The normalized spacial score (nSPS) is 12.4. The Morgan fingerprint density at radius 3 is 2.68 bits per heavy atom. The summed E-state index contributed by atoms with van der Waals surface area (Å²) in [5, 5.41) is 16.5. The van der Waals surface area contributed by atoms with Crippen LogP contribution in [0.3, 0.4) is 0 Å². The molecule has 0 fully saturated rings. The van der Waals surface area contributed by atoms with Gasteiger partial charge in [-0.2, -0.15) is 5.26 Å². The van der Waals surface area contributed by atoms with Crippen molar-refractivity contribution in [2.24, 2.45) is 0 Å². The lowest BCUT2D eigenvalue weighted by atomic mass is 10.1. The fraction of sp³-hybridized carbons (Fsp3) is 0.273. The fourth-order valence-corrected chi connectivity index (χ4v) is 2.63. The average Bonchev–Trinajstić information content (AvgIpc) is 2.28. The molecular formula is C11H13N3O4S. The van der Waals surface area contributed by atoms with Crippen LogP contribution in [-0.2, 0) is 10.0 Å². The van der Waals surface area contributed by atoms with Crippen LogP contribution < -0.4 is 10.5 Å².